The number of azo groups is 2. The first-order valence-corrected chi connectivity index (χ1v) is 20.4. The molecule has 3 rings (SSSR count). The molecule has 0 aliphatic heterocycles. The van der Waals surface area contributed by atoms with Crippen LogP contribution in [-0.2, 0) is 67.0 Å². The Morgan fingerprint density at radius 1 is 0.538 bits per heavy atom. The minimum atomic E-state index is -5.14. The third-order valence-electron chi connectivity index (χ3n) is 5.82. The molecule has 0 saturated carbocycles. The highest BCUT2D eigenvalue weighted by molar-refractivity contribution is 7.92. The molecule has 0 aromatic heterocycles. The molecule has 30 heteroatoms. The van der Waals surface area contributed by atoms with Crippen LogP contribution >= 0.6 is 24.6 Å². The molecular formula is C22H22N4O20S6. The van der Waals surface area contributed by atoms with Crippen LogP contribution < -0.4 is 0 Å². The van der Waals surface area contributed by atoms with Crippen LogP contribution in [0.5, 0.6) is 11.5 Å². The highest BCUT2D eigenvalue weighted by atomic mass is 32.2. The van der Waals surface area contributed by atoms with Crippen molar-refractivity contribution in [1.29, 1.82) is 0 Å². The quantitative estimate of drug-likeness (QED) is 0.0234. The lowest BCUT2D eigenvalue weighted by Gasteiger charge is -2.08. The van der Waals surface area contributed by atoms with Crippen molar-refractivity contribution in [2.45, 2.75) is 19.6 Å². The van der Waals surface area contributed by atoms with E-state index >= 15 is 0 Å². The average Bonchev–Trinajstić information content (AvgIpc) is 3.06. The molecule has 0 amide bonds. The minimum Gasteiger partial charge on any atom is -0.505 e. The first-order chi connectivity index (χ1) is 24.3. The van der Waals surface area contributed by atoms with Crippen LogP contribution in [0.2, 0.25) is 0 Å². The Morgan fingerprint density at radius 2 is 0.904 bits per heavy atom. The maximum absolute atomic E-state index is 12.6. The normalized spacial score (nSPS) is 13.0. The zero-order valence-electron chi connectivity index (χ0n) is 25.1. The molecule has 0 fully saturated rings. The van der Waals surface area contributed by atoms with Crippen LogP contribution in [-0.4, -0.2) is 88.2 Å². The highest BCUT2D eigenvalue weighted by Gasteiger charge is 2.24. The first kappa shape index (κ1) is 43.0. The van der Waals surface area contributed by atoms with Crippen LogP contribution in [0.15, 0.2) is 88.6 Å². The summed E-state index contributed by atoms with van der Waals surface area (Å²) in [5.41, 5.74) is -2.30. The number of phenols is 2. The van der Waals surface area contributed by atoms with E-state index in [9.17, 15) is 53.0 Å². The number of nitrogens with zero attached hydrogens (tertiary/aromatic N) is 4. The zero-order chi connectivity index (χ0) is 38.7. The largest absolute Gasteiger partial charge is 0.505 e. The standard InChI is InChI=1S/C22H22N4O20S6/c27-19-12-20(28)18(26-24-16-4-2-14(10-22(16)52(38,39)40)50(33,34)8-6-42-48-46-44-30)11-17(19)25-23-15-3-1-13(9-21(15)51(35,36)37)49(31,32)7-5-41-47-45-43-29/h1-4,9-12,27-30H,5-8H2,(H,35,36,37)(H,38,39,40). The molecule has 3 aromatic rings. The Labute approximate surface area is 301 Å². The van der Waals surface area contributed by atoms with Gasteiger partial charge in [-0.3, -0.25) is 17.5 Å². The summed E-state index contributed by atoms with van der Waals surface area (Å²) in [5, 5.41) is 57.6. The molecule has 0 atom stereocenters. The van der Waals surface area contributed by atoms with Crippen molar-refractivity contribution in [2.24, 2.45) is 20.5 Å². The molecule has 0 heterocycles. The fraction of sp³-hybridized carbons (Fsp3) is 0.182. The van der Waals surface area contributed by atoms with Gasteiger partial charge >= 0.3 is 0 Å². The van der Waals surface area contributed by atoms with Gasteiger partial charge in [0.05, 0.1) is 34.5 Å². The van der Waals surface area contributed by atoms with Crippen molar-refractivity contribution in [2.75, 3.05) is 24.7 Å². The van der Waals surface area contributed by atoms with Crippen LogP contribution in [0.4, 0.5) is 22.7 Å². The first-order valence-electron chi connectivity index (χ1n) is 12.9. The summed E-state index contributed by atoms with van der Waals surface area (Å²) in [5.74, 6) is -2.98. The molecule has 0 bridgehead atoms. The number of rotatable bonds is 20. The predicted octanol–water partition coefficient (Wildman–Crippen LogP) is 3.97. The van der Waals surface area contributed by atoms with Crippen LogP contribution in [0.3, 0.4) is 0 Å². The van der Waals surface area contributed by atoms with Gasteiger partial charge in [-0.15, -0.1) is 29.1 Å². The lowest BCUT2D eigenvalue weighted by Crippen LogP contribution is -2.12. The summed E-state index contributed by atoms with van der Waals surface area (Å²) in [4.78, 5) is -3.24. The number of aromatic hydroxyl groups is 2. The Hall–Kier alpha value is -3.44. The topological polar surface area (TPSA) is 363 Å². The lowest BCUT2D eigenvalue weighted by atomic mass is 10.2. The second-order valence-corrected chi connectivity index (χ2v) is 17.2. The smallest absolute Gasteiger partial charge is 0.296 e. The molecule has 6 N–H and O–H groups in total. The van der Waals surface area contributed by atoms with E-state index in [0.717, 1.165) is 30.3 Å². The van der Waals surface area contributed by atoms with Gasteiger partial charge in [-0.2, -0.15) is 16.8 Å². The fourth-order valence-corrected chi connectivity index (χ4v) is 7.85. The van der Waals surface area contributed by atoms with Gasteiger partial charge < -0.3 is 10.2 Å². The van der Waals surface area contributed by atoms with Gasteiger partial charge in [0.2, 0.25) is 0 Å². The summed E-state index contributed by atoms with van der Waals surface area (Å²) in [6, 6.07) is 6.15. The van der Waals surface area contributed by atoms with Gasteiger partial charge in [0.1, 0.15) is 44.0 Å². The second-order valence-electron chi connectivity index (χ2n) is 9.14. The molecule has 24 nitrogen and oxygen atoms in total. The summed E-state index contributed by atoms with van der Waals surface area (Å²) >= 11 is 0.194. The van der Waals surface area contributed by atoms with Gasteiger partial charge in [0.25, 0.3) is 20.2 Å². The zero-order valence-corrected chi connectivity index (χ0v) is 30.0. The Bertz CT molecular complexity index is 2100. The van der Waals surface area contributed by atoms with Gasteiger partial charge in [0.15, 0.2) is 44.3 Å². The maximum atomic E-state index is 12.6. The van der Waals surface area contributed by atoms with Gasteiger partial charge in [-0.25, -0.2) is 27.4 Å². The lowest BCUT2D eigenvalue weighted by molar-refractivity contribution is -0.434. The van der Waals surface area contributed by atoms with Crippen molar-refractivity contribution in [3.63, 3.8) is 0 Å². The Kier molecular flexibility index (Phi) is 15.3. The van der Waals surface area contributed by atoms with E-state index in [1.807, 2.05) is 0 Å². The van der Waals surface area contributed by atoms with Gasteiger partial charge in [0, 0.05) is 12.1 Å². The van der Waals surface area contributed by atoms with E-state index in [0.29, 0.717) is 18.2 Å². The average molecular weight is 855 g/mol. The Balaban J connectivity index is 1.93. The molecule has 0 radical (unpaired) electrons. The third-order valence-corrected chi connectivity index (χ3v) is 11.7. The van der Waals surface area contributed by atoms with Crippen LogP contribution in [0.25, 0.3) is 0 Å². The van der Waals surface area contributed by atoms with E-state index in [1.54, 1.807) is 0 Å². The molecule has 52 heavy (non-hydrogen) atoms. The monoisotopic (exact) mass is 854 g/mol. The van der Waals surface area contributed by atoms with E-state index in [2.05, 4.69) is 47.6 Å². The Morgan fingerprint density at radius 3 is 1.25 bits per heavy atom. The molecule has 0 spiro atoms. The molecule has 0 aliphatic rings. The van der Waals surface area contributed by atoms with Gasteiger partial charge in [-0.05, 0) is 36.4 Å². The predicted molar refractivity (Wildman–Crippen MR) is 171 cm³/mol. The second kappa shape index (κ2) is 18.5. The molecule has 0 aliphatic carbocycles. The van der Waals surface area contributed by atoms with Crippen molar-refractivity contribution in [3.8, 4) is 11.5 Å². The van der Waals surface area contributed by atoms with Crippen molar-refractivity contribution < 1.29 is 90.6 Å². The molecular weight excluding hydrogens is 833 g/mol. The summed E-state index contributed by atoms with van der Waals surface area (Å²) in [6.07, 6.45) is 0. The minimum absolute atomic E-state index is 0.0969. The number of phenolic OH excluding ortho intramolecular Hbond substituents is 2. The van der Waals surface area contributed by atoms with E-state index in [1.165, 1.54) is 0 Å². The SMILES string of the molecule is O=S(=O)(O)c1cc(S(=O)(=O)CCOSOOO)ccc1N=Nc1cc(N=Nc2ccc(S(=O)(=O)CCOSOOO)cc2S(=O)(=O)O)c(O)cc1O. The number of sulfone groups is 2. The van der Waals surface area contributed by atoms with E-state index < -0.39 is 118 Å². The summed E-state index contributed by atoms with van der Waals surface area (Å²) in [6.45, 7) is -1.03. The van der Waals surface area contributed by atoms with E-state index in [4.69, 9.17) is 10.5 Å². The molecule has 0 unspecified atom stereocenters. The van der Waals surface area contributed by atoms with Crippen LogP contribution in [0, 0.1) is 0 Å². The van der Waals surface area contributed by atoms with Crippen molar-refractivity contribution in [1.82, 2.24) is 0 Å². The summed E-state index contributed by atoms with van der Waals surface area (Å²) in [7, 11) is -18.7. The number of hydrogen-bond donors (Lipinski definition) is 6. The van der Waals surface area contributed by atoms with Crippen molar-refractivity contribution >= 4 is 87.3 Å². The van der Waals surface area contributed by atoms with E-state index in [-0.39, 0.29) is 24.6 Å². The molecule has 0 saturated heterocycles. The number of hydrogen-bond acceptors (Lipinski definition) is 24. The molecule has 3 aromatic carbocycles. The van der Waals surface area contributed by atoms with Crippen LogP contribution in [0.1, 0.15) is 0 Å². The third kappa shape index (κ3) is 12.3. The highest BCUT2D eigenvalue weighted by Crippen LogP contribution is 2.41. The maximum Gasteiger partial charge on any atom is 0.296 e. The number of benzene rings is 3. The fourth-order valence-electron chi connectivity index (χ4n) is 3.54. The molecule has 286 valence electrons. The summed E-state index contributed by atoms with van der Waals surface area (Å²) < 4.78 is 135. The van der Waals surface area contributed by atoms with Gasteiger partial charge in [-0.1, -0.05) is 10.1 Å². The van der Waals surface area contributed by atoms with Crippen molar-refractivity contribution in [3.05, 3.63) is 48.5 Å².